The Morgan fingerprint density at radius 1 is 1.73 bits per heavy atom. The summed E-state index contributed by atoms with van der Waals surface area (Å²) in [6.07, 6.45) is 5.72. The zero-order valence-electron chi connectivity index (χ0n) is 5.73. The molecule has 1 rings (SSSR count). The van der Waals surface area contributed by atoms with Crippen molar-refractivity contribution in [3.63, 3.8) is 0 Å². The van der Waals surface area contributed by atoms with Gasteiger partial charge in [-0.2, -0.15) is 0 Å². The van der Waals surface area contributed by atoms with Crippen LogP contribution in [0.25, 0.3) is 0 Å². The highest BCUT2D eigenvalue weighted by atomic mass is 16.5. The van der Waals surface area contributed by atoms with Crippen LogP contribution in [0.1, 0.15) is 0 Å². The van der Waals surface area contributed by atoms with Crippen LogP contribution in [0, 0.1) is 0 Å². The average Bonchev–Trinajstić information content (AvgIpc) is 1.84. The van der Waals surface area contributed by atoms with Crippen LogP contribution in [0.2, 0.25) is 0 Å². The minimum absolute atomic E-state index is 0.0587. The molecular weight excluding hydrogens is 146 g/mol. The van der Waals surface area contributed by atoms with Crippen molar-refractivity contribution in [1.29, 1.82) is 0 Å². The Morgan fingerprint density at radius 3 is 3.27 bits per heavy atom. The molecule has 58 valence electrons. The smallest absolute Gasteiger partial charge is 0.336 e. The SMILES string of the molecule is O=C(O)/C1=C/N=CC=COC1. The number of hydrogen-bond acceptors (Lipinski definition) is 3. The lowest BCUT2D eigenvalue weighted by Crippen LogP contribution is -2.06. The molecule has 0 saturated heterocycles. The molecule has 0 aromatic rings. The summed E-state index contributed by atoms with van der Waals surface area (Å²) in [7, 11) is 0. The first-order chi connectivity index (χ1) is 5.30. The van der Waals surface area contributed by atoms with Crippen molar-refractivity contribution < 1.29 is 14.6 Å². The number of nitrogens with zero attached hydrogens (tertiary/aromatic N) is 1. The number of carboxylic acid groups (broad SMARTS) is 1. The second-order valence-corrected chi connectivity index (χ2v) is 1.90. The number of aliphatic imine (C=N–C) groups is 1. The third-order valence-corrected chi connectivity index (χ3v) is 1.09. The van der Waals surface area contributed by atoms with Crippen molar-refractivity contribution in [3.05, 3.63) is 24.1 Å². The molecule has 0 radical (unpaired) electrons. The van der Waals surface area contributed by atoms with E-state index in [1.54, 1.807) is 6.08 Å². The van der Waals surface area contributed by atoms with E-state index in [-0.39, 0.29) is 12.2 Å². The van der Waals surface area contributed by atoms with Gasteiger partial charge >= 0.3 is 5.97 Å². The van der Waals surface area contributed by atoms with Crippen molar-refractivity contribution in [2.75, 3.05) is 6.61 Å². The molecule has 0 fully saturated rings. The molecule has 11 heavy (non-hydrogen) atoms. The number of hydrogen-bond donors (Lipinski definition) is 1. The lowest BCUT2D eigenvalue weighted by atomic mass is 10.3. The first kappa shape index (κ1) is 7.53. The summed E-state index contributed by atoms with van der Waals surface area (Å²) in [6, 6.07) is 0. The Bertz CT molecular complexity index is 240. The molecule has 0 unspecified atom stereocenters. The summed E-state index contributed by atoms with van der Waals surface area (Å²) in [4.78, 5) is 14.1. The van der Waals surface area contributed by atoms with Crippen molar-refractivity contribution in [2.24, 2.45) is 4.99 Å². The summed E-state index contributed by atoms with van der Waals surface area (Å²) in [5, 5.41) is 8.51. The van der Waals surface area contributed by atoms with Gasteiger partial charge in [0.05, 0.1) is 11.8 Å². The normalized spacial score (nSPS) is 20.9. The fourth-order valence-electron chi connectivity index (χ4n) is 0.566. The van der Waals surface area contributed by atoms with Gasteiger partial charge < -0.3 is 9.84 Å². The molecule has 1 aliphatic rings. The largest absolute Gasteiger partial charge is 0.496 e. The Hall–Kier alpha value is -1.58. The number of rotatable bonds is 1. The highest BCUT2D eigenvalue weighted by molar-refractivity contribution is 5.87. The molecule has 0 amide bonds. The van der Waals surface area contributed by atoms with Crippen molar-refractivity contribution in [1.82, 2.24) is 0 Å². The van der Waals surface area contributed by atoms with E-state index in [1.807, 2.05) is 0 Å². The van der Waals surface area contributed by atoms with Gasteiger partial charge in [0.15, 0.2) is 0 Å². The summed E-state index contributed by atoms with van der Waals surface area (Å²) in [5.74, 6) is -1.00. The monoisotopic (exact) mass is 153 g/mol. The van der Waals surface area contributed by atoms with Gasteiger partial charge in [0.1, 0.15) is 6.61 Å². The molecule has 0 saturated carbocycles. The maximum atomic E-state index is 10.4. The zero-order valence-corrected chi connectivity index (χ0v) is 5.73. The fraction of sp³-hybridized carbons (Fsp3) is 0.143. The fourth-order valence-corrected chi connectivity index (χ4v) is 0.566. The van der Waals surface area contributed by atoms with E-state index in [2.05, 4.69) is 4.99 Å². The van der Waals surface area contributed by atoms with Crippen LogP contribution >= 0.6 is 0 Å². The minimum Gasteiger partial charge on any atom is -0.496 e. The standard InChI is InChI=1S/C7H7NO3/c9-7(10)6-4-8-2-1-3-11-5-6/h1-4H,5H2,(H,9,10)/b3-1?,6-4+,8-2?. The average molecular weight is 153 g/mol. The Kier molecular flexibility index (Phi) is 2.43. The maximum absolute atomic E-state index is 10.4. The molecule has 0 aromatic heterocycles. The van der Waals surface area contributed by atoms with Crippen molar-refractivity contribution in [2.45, 2.75) is 0 Å². The Morgan fingerprint density at radius 2 is 2.55 bits per heavy atom. The molecule has 0 atom stereocenters. The molecule has 1 heterocycles. The lowest BCUT2D eigenvalue weighted by Gasteiger charge is -2.01. The highest BCUT2D eigenvalue weighted by Crippen LogP contribution is 1.98. The summed E-state index contributed by atoms with van der Waals surface area (Å²) in [6.45, 7) is 0.0587. The summed E-state index contributed by atoms with van der Waals surface area (Å²) < 4.78 is 4.83. The van der Waals surface area contributed by atoms with Crippen molar-refractivity contribution >= 4 is 12.2 Å². The van der Waals surface area contributed by atoms with E-state index < -0.39 is 5.97 Å². The molecule has 0 aliphatic carbocycles. The van der Waals surface area contributed by atoms with Gasteiger partial charge in [-0.15, -0.1) is 0 Å². The number of carbonyl (C=O) groups is 1. The lowest BCUT2D eigenvalue weighted by molar-refractivity contribution is -0.133. The predicted molar refractivity (Wildman–Crippen MR) is 39.3 cm³/mol. The predicted octanol–water partition coefficient (Wildman–Crippen LogP) is 0.570. The van der Waals surface area contributed by atoms with E-state index >= 15 is 0 Å². The number of carboxylic acids is 1. The molecule has 4 nitrogen and oxygen atoms in total. The quantitative estimate of drug-likeness (QED) is 0.599. The first-order valence-corrected chi connectivity index (χ1v) is 3.03. The van der Waals surface area contributed by atoms with E-state index in [9.17, 15) is 4.79 Å². The second kappa shape index (κ2) is 3.55. The zero-order chi connectivity index (χ0) is 8.10. The first-order valence-electron chi connectivity index (χ1n) is 3.03. The van der Waals surface area contributed by atoms with E-state index in [0.717, 1.165) is 0 Å². The van der Waals surface area contributed by atoms with Crippen molar-refractivity contribution in [3.8, 4) is 0 Å². The molecule has 1 N–H and O–H groups in total. The summed E-state index contributed by atoms with van der Waals surface area (Å²) in [5.41, 5.74) is 0.144. The van der Waals surface area contributed by atoms with Crippen LogP contribution < -0.4 is 0 Å². The van der Waals surface area contributed by atoms with Gasteiger partial charge in [0, 0.05) is 12.4 Å². The molecule has 0 bridgehead atoms. The van der Waals surface area contributed by atoms with Gasteiger partial charge in [0.2, 0.25) is 0 Å². The van der Waals surface area contributed by atoms with Crippen LogP contribution in [0.15, 0.2) is 29.1 Å². The number of aliphatic carboxylic acids is 1. The number of ether oxygens (including phenoxy) is 1. The van der Waals surface area contributed by atoms with Gasteiger partial charge in [-0.25, -0.2) is 4.79 Å². The third kappa shape index (κ3) is 2.25. The molecule has 0 spiro atoms. The number of allylic oxidation sites excluding steroid dienone is 1. The molecule has 4 heteroatoms. The molecule has 1 aliphatic heterocycles. The van der Waals surface area contributed by atoms with Gasteiger partial charge in [0.25, 0.3) is 0 Å². The Labute approximate surface area is 63.5 Å². The van der Waals surface area contributed by atoms with Gasteiger partial charge in [-0.3, -0.25) is 4.99 Å². The van der Waals surface area contributed by atoms with E-state index in [1.165, 1.54) is 18.7 Å². The van der Waals surface area contributed by atoms with Crippen LogP contribution in [0.3, 0.4) is 0 Å². The second-order valence-electron chi connectivity index (χ2n) is 1.90. The molecular formula is C7H7NO3. The van der Waals surface area contributed by atoms with Crippen LogP contribution in [-0.4, -0.2) is 23.9 Å². The highest BCUT2D eigenvalue weighted by Gasteiger charge is 2.06. The third-order valence-electron chi connectivity index (χ3n) is 1.09. The van der Waals surface area contributed by atoms with Crippen LogP contribution in [-0.2, 0) is 9.53 Å². The summed E-state index contributed by atoms with van der Waals surface area (Å²) >= 11 is 0. The van der Waals surface area contributed by atoms with E-state index in [0.29, 0.717) is 0 Å². The maximum Gasteiger partial charge on any atom is 0.336 e. The van der Waals surface area contributed by atoms with E-state index in [4.69, 9.17) is 9.84 Å². The molecule has 0 aromatic carbocycles. The van der Waals surface area contributed by atoms with Crippen LogP contribution in [0.5, 0.6) is 0 Å². The Balaban J connectivity index is 2.73. The minimum atomic E-state index is -1.00. The van der Waals surface area contributed by atoms with Gasteiger partial charge in [-0.1, -0.05) is 0 Å². The van der Waals surface area contributed by atoms with Crippen LogP contribution in [0.4, 0.5) is 0 Å². The topological polar surface area (TPSA) is 58.9 Å². The van der Waals surface area contributed by atoms with Gasteiger partial charge in [-0.05, 0) is 6.08 Å².